The predicted molar refractivity (Wildman–Crippen MR) is 62.8 cm³/mol. The summed E-state index contributed by atoms with van der Waals surface area (Å²) in [5.74, 6) is 0.160. The highest BCUT2D eigenvalue weighted by Gasteiger charge is 2.12. The zero-order chi connectivity index (χ0) is 11.1. The standard InChI is InChI=1S/C12H24N2O/c1-10(2)14-12(15)8-9-13-11-6-4-3-5-7-11/h10-11,13H,3-9H2,1-2H3,(H,14,15). The molecule has 0 heterocycles. The molecule has 1 amide bonds. The smallest absolute Gasteiger partial charge is 0.221 e. The van der Waals surface area contributed by atoms with E-state index in [1.807, 2.05) is 13.8 Å². The molecule has 0 radical (unpaired) electrons. The summed E-state index contributed by atoms with van der Waals surface area (Å²) in [6.45, 7) is 4.81. The molecule has 88 valence electrons. The molecular weight excluding hydrogens is 188 g/mol. The number of carbonyl (C=O) groups is 1. The first kappa shape index (κ1) is 12.5. The van der Waals surface area contributed by atoms with Gasteiger partial charge in [-0.25, -0.2) is 0 Å². The number of amides is 1. The lowest BCUT2D eigenvalue weighted by molar-refractivity contribution is -0.121. The van der Waals surface area contributed by atoms with Crippen molar-refractivity contribution in [1.82, 2.24) is 10.6 Å². The summed E-state index contributed by atoms with van der Waals surface area (Å²) in [6.07, 6.45) is 7.24. The van der Waals surface area contributed by atoms with Gasteiger partial charge in [0.25, 0.3) is 0 Å². The van der Waals surface area contributed by atoms with Crippen LogP contribution in [0.1, 0.15) is 52.4 Å². The van der Waals surface area contributed by atoms with Gasteiger partial charge in [0.05, 0.1) is 0 Å². The van der Waals surface area contributed by atoms with Crippen LogP contribution in [0.2, 0.25) is 0 Å². The Morgan fingerprint density at radius 3 is 2.53 bits per heavy atom. The van der Waals surface area contributed by atoms with Gasteiger partial charge in [-0.05, 0) is 26.7 Å². The van der Waals surface area contributed by atoms with E-state index in [0.717, 1.165) is 6.54 Å². The second-order valence-electron chi connectivity index (χ2n) is 4.76. The van der Waals surface area contributed by atoms with Gasteiger partial charge < -0.3 is 10.6 Å². The fraction of sp³-hybridized carbons (Fsp3) is 0.917. The van der Waals surface area contributed by atoms with E-state index in [1.165, 1.54) is 32.1 Å². The Balaban J connectivity index is 2.02. The van der Waals surface area contributed by atoms with Crippen molar-refractivity contribution >= 4 is 5.91 Å². The molecule has 1 rings (SSSR count). The minimum absolute atomic E-state index is 0.160. The zero-order valence-corrected chi connectivity index (χ0v) is 10.0. The topological polar surface area (TPSA) is 41.1 Å². The molecule has 1 aliphatic rings. The number of rotatable bonds is 5. The molecular formula is C12H24N2O. The maximum atomic E-state index is 11.3. The third kappa shape index (κ3) is 5.78. The minimum atomic E-state index is 0.160. The van der Waals surface area contributed by atoms with Crippen LogP contribution in [0.25, 0.3) is 0 Å². The van der Waals surface area contributed by atoms with Crippen LogP contribution in [0.3, 0.4) is 0 Å². The first-order chi connectivity index (χ1) is 7.18. The largest absolute Gasteiger partial charge is 0.354 e. The minimum Gasteiger partial charge on any atom is -0.354 e. The second-order valence-corrected chi connectivity index (χ2v) is 4.76. The maximum Gasteiger partial charge on any atom is 0.221 e. The molecule has 0 spiro atoms. The Kier molecular flexibility index (Phi) is 5.69. The van der Waals surface area contributed by atoms with E-state index in [1.54, 1.807) is 0 Å². The van der Waals surface area contributed by atoms with Crippen molar-refractivity contribution in [3.05, 3.63) is 0 Å². The average Bonchev–Trinajstić information content (AvgIpc) is 2.18. The summed E-state index contributed by atoms with van der Waals surface area (Å²) >= 11 is 0. The molecule has 0 saturated heterocycles. The monoisotopic (exact) mass is 212 g/mol. The van der Waals surface area contributed by atoms with E-state index in [0.29, 0.717) is 12.5 Å². The molecule has 3 nitrogen and oxygen atoms in total. The third-order valence-electron chi connectivity index (χ3n) is 2.84. The number of carbonyl (C=O) groups excluding carboxylic acids is 1. The molecule has 0 atom stereocenters. The van der Waals surface area contributed by atoms with E-state index >= 15 is 0 Å². The molecule has 0 aromatic rings. The fourth-order valence-corrected chi connectivity index (χ4v) is 2.09. The van der Waals surface area contributed by atoms with E-state index in [9.17, 15) is 4.79 Å². The summed E-state index contributed by atoms with van der Waals surface area (Å²) in [7, 11) is 0. The van der Waals surface area contributed by atoms with Crippen LogP contribution in [-0.4, -0.2) is 24.5 Å². The molecule has 2 N–H and O–H groups in total. The van der Waals surface area contributed by atoms with Gasteiger partial charge in [-0.1, -0.05) is 19.3 Å². The van der Waals surface area contributed by atoms with E-state index in [-0.39, 0.29) is 11.9 Å². The van der Waals surface area contributed by atoms with Crippen molar-refractivity contribution in [3.8, 4) is 0 Å². The van der Waals surface area contributed by atoms with Crippen LogP contribution in [-0.2, 0) is 4.79 Å². The van der Waals surface area contributed by atoms with Crippen LogP contribution in [0.4, 0.5) is 0 Å². The van der Waals surface area contributed by atoms with Crippen molar-refractivity contribution in [2.24, 2.45) is 0 Å². The second kappa shape index (κ2) is 6.83. The molecule has 1 saturated carbocycles. The van der Waals surface area contributed by atoms with Crippen molar-refractivity contribution in [3.63, 3.8) is 0 Å². The Bertz CT molecular complexity index is 186. The molecule has 0 bridgehead atoms. The van der Waals surface area contributed by atoms with Gasteiger partial charge in [0.15, 0.2) is 0 Å². The van der Waals surface area contributed by atoms with Gasteiger partial charge in [-0.2, -0.15) is 0 Å². The van der Waals surface area contributed by atoms with Gasteiger partial charge in [0.2, 0.25) is 5.91 Å². The first-order valence-electron chi connectivity index (χ1n) is 6.21. The molecule has 0 aromatic heterocycles. The van der Waals surface area contributed by atoms with Gasteiger partial charge in [-0.3, -0.25) is 4.79 Å². The summed E-state index contributed by atoms with van der Waals surface area (Å²) in [5, 5.41) is 6.37. The average molecular weight is 212 g/mol. The highest BCUT2D eigenvalue weighted by molar-refractivity contribution is 5.76. The Hall–Kier alpha value is -0.570. The SMILES string of the molecule is CC(C)NC(=O)CCNC1CCCCC1. The normalized spacial score (nSPS) is 18.1. The highest BCUT2D eigenvalue weighted by Crippen LogP contribution is 2.17. The molecule has 1 fully saturated rings. The summed E-state index contributed by atoms with van der Waals surface area (Å²) in [5.41, 5.74) is 0. The summed E-state index contributed by atoms with van der Waals surface area (Å²) in [4.78, 5) is 11.3. The quantitative estimate of drug-likeness (QED) is 0.730. The number of nitrogens with one attached hydrogen (secondary N) is 2. The molecule has 3 heteroatoms. The maximum absolute atomic E-state index is 11.3. The Morgan fingerprint density at radius 2 is 1.93 bits per heavy atom. The van der Waals surface area contributed by atoms with Gasteiger partial charge in [0, 0.05) is 25.0 Å². The predicted octanol–water partition coefficient (Wildman–Crippen LogP) is 1.82. The van der Waals surface area contributed by atoms with E-state index in [4.69, 9.17) is 0 Å². The number of hydrogen-bond donors (Lipinski definition) is 2. The van der Waals surface area contributed by atoms with Crippen LogP contribution >= 0.6 is 0 Å². The highest BCUT2D eigenvalue weighted by atomic mass is 16.1. The van der Waals surface area contributed by atoms with Crippen molar-refractivity contribution in [2.45, 2.75) is 64.5 Å². The van der Waals surface area contributed by atoms with Crippen LogP contribution < -0.4 is 10.6 Å². The van der Waals surface area contributed by atoms with Crippen LogP contribution in [0.5, 0.6) is 0 Å². The summed E-state index contributed by atoms with van der Waals surface area (Å²) in [6, 6.07) is 0.915. The van der Waals surface area contributed by atoms with E-state index < -0.39 is 0 Å². The van der Waals surface area contributed by atoms with Crippen molar-refractivity contribution in [2.75, 3.05) is 6.54 Å². The fourth-order valence-electron chi connectivity index (χ4n) is 2.09. The first-order valence-corrected chi connectivity index (χ1v) is 6.21. The Labute approximate surface area is 93.0 Å². The third-order valence-corrected chi connectivity index (χ3v) is 2.84. The molecule has 0 unspecified atom stereocenters. The van der Waals surface area contributed by atoms with E-state index in [2.05, 4.69) is 10.6 Å². The van der Waals surface area contributed by atoms with Crippen LogP contribution in [0.15, 0.2) is 0 Å². The molecule has 15 heavy (non-hydrogen) atoms. The van der Waals surface area contributed by atoms with Gasteiger partial charge >= 0.3 is 0 Å². The van der Waals surface area contributed by atoms with Crippen LogP contribution in [0, 0.1) is 0 Å². The lowest BCUT2D eigenvalue weighted by Gasteiger charge is -2.22. The van der Waals surface area contributed by atoms with Gasteiger partial charge in [0.1, 0.15) is 0 Å². The lowest BCUT2D eigenvalue weighted by Crippen LogP contribution is -2.36. The van der Waals surface area contributed by atoms with Gasteiger partial charge in [-0.15, -0.1) is 0 Å². The van der Waals surface area contributed by atoms with Crippen molar-refractivity contribution < 1.29 is 4.79 Å². The zero-order valence-electron chi connectivity index (χ0n) is 10.0. The number of hydrogen-bond acceptors (Lipinski definition) is 2. The molecule has 1 aliphatic carbocycles. The lowest BCUT2D eigenvalue weighted by atomic mass is 9.95. The Morgan fingerprint density at radius 1 is 1.27 bits per heavy atom. The molecule has 0 aromatic carbocycles. The summed E-state index contributed by atoms with van der Waals surface area (Å²) < 4.78 is 0. The molecule has 0 aliphatic heterocycles. The van der Waals surface area contributed by atoms with Crippen molar-refractivity contribution in [1.29, 1.82) is 0 Å².